The number of rotatable bonds is 5. The molecule has 0 radical (unpaired) electrons. The number of likely N-dealkylation sites (N-methyl/N-ethyl adjacent to an activating group) is 1. The molecule has 28 heavy (non-hydrogen) atoms. The Kier molecular flexibility index (Phi) is 4.84. The molecule has 0 saturated carbocycles. The van der Waals surface area contributed by atoms with Crippen molar-refractivity contribution in [3.05, 3.63) is 89.5 Å². The molecule has 144 valence electrons. The average molecular weight is 374 g/mol. The predicted octanol–water partition coefficient (Wildman–Crippen LogP) is 3.99. The Balaban J connectivity index is 1.86. The quantitative estimate of drug-likeness (QED) is 0.732. The van der Waals surface area contributed by atoms with Crippen LogP contribution in [-0.4, -0.2) is 44.3 Å². The normalized spacial score (nSPS) is 18.0. The second kappa shape index (κ2) is 7.30. The molecule has 0 bridgehead atoms. The van der Waals surface area contributed by atoms with Gasteiger partial charge in [0.1, 0.15) is 18.0 Å². The molecule has 1 unspecified atom stereocenters. The summed E-state index contributed by atoms with van der Waals surface area (Å²) in [5, 5.41) is 12.1. The zero-order valence-electron chi connectivity index (χ0n) is 16.6. The van der Waals surface area contributed by atoms with Crippen LogP contribution in [0.25, 0.3) is 0 Å². The van der Waals surface area contributed by atoms with E-state index in [2.05, 4.69) is 9.80 Å². The highest BCUT2D eigenvalue weighted by Gasteiger charge is 2.42. The van der Waals surface area contributed by atoms with E-state index in [1.165, 1.54) is 0 Å². The molecule has 3 aromatic rings. The Morgan fingerprint density at radius 3 is 2.32 bits per heavy atom. The highest BCUT2D eigenvalue weighted by atomic mass is 16.5. The number of nitrogens with zero attached hydrogens (tertiary/aromatic N) is 2. The van der Waals surface area contributed by atoms with Gasteiger partial charge in [0.25, 0.3) is 0 Å². The second-order valence-corrected chi connectivity index (χ2v) is 7.48. The molecule has 0 amide bonds. The average Bonchev–Trinajstić information content (AvgIpc) is 2.72. The number of ether oxygens (including phenoxy) is 1. The van der Waals surface area contributed by atoms with Crippen molar-refractivity contribution in [1.29, 1.82) is 0 Å². The molecular formula is C24H26N2O2. The fourth-order valence-electron chi connectivity index (χ4n) is 3.87. The van der Waals surface area contributed by atoms with Gasteiger partial charge in [-0.3, -0.25) is 0 Å². The lowest BCUT2D eigenvalue weighted by molar-refractivity contribution is 0.124. The zero-order valence-corrected chi connectivity index (χ0v) is 16.6. The van der Waals surface area contributed by atoms with Crippen LogP contribution in [-0.2, 0) is 5.60 Å². The molecule has 4 heteroatoms. The van der Waals surface area contributed by atoms with Crippen LogP contribution in [0.1, 0.15) is 16.7 Å². The van der Waals surface area contributed by atoms with Crippen molar-refractivity contribution in [1.82, 2.24) is 4.90 Å². The monoisotopic (exact) mass is 374 g/mol. The first-order valence-corrected chi connectivity index (χ1v) is 9.55. The van der Waals surface area contributed by atoms with Gasteiger partial charge in [-0.1, -0.05) is 48.5 Å². The molecular weight excluding hydrogens is 348 g/mol. The van der Waals surface area contributed by atoms with Crippen LogP contribution in [0.4, 0.5) is 11.4 Å². The minimum atomic E-state index is -1.24. The summed E-state index contributed by atoms with van der Waals surface area (Å²) in [4.78, 5) is 4.22. The summed E-state index contributed by atoms with van der Waals surface area (Å²) in [7, 11) is 6.08. The summed E-state index contributed by atoms with van der Waals surface area (Å²) in [6.07, 6.45) is 0. The van der Waals surface area contributed by atoms with Crippen molar-refractivity contribution < 1.29 is 9.84 Å². The van der Waals surface area contributed by atoms with E-state index in [4.69, 9.17) is 4.74 Å². The van der Waals surface area contributed by atoms with E-state index in [9.17, 15) is 5.11 Å². The molecule has 0 saturated heterocycles. The van der Waals surface area contributed by atoms with Crippen LogP contribution < -0.4 is 9.64 Å². The van der Waals surface area contributed by atoms with Gasteiger partial charge in [0.15, 0.2) is 0 Å². The number of fused-ring (bicyclic) bond motifs is 2. The summed E-state index contributed by atoms with van der Waals surface area (Å²) in [5.74, 6) is 0.766. The van der Waals surface area contributed by atoms with Crippen LogP contribution in [0.5, 0.6) is 5.75 Å². The van der Waals surface area contributed by atoms with E-state index in [1.54, 1.807) is 0 Å². The van der Waals surface area contributed by atoms with Gasteiger partial charge in [0, 0.05) is 36.1 Å². The van der Waals surface area contributed by atoms with E-state index < -0.39 is 5.60 Å². The summed E-state index contributed by atoms with van der Waals surface area (Å²) in [5.41, 5.74) is 3.31. The van der Waals surface area contributed by atoms with Gasteiger partial charge in [0.2, 0.25) is 0 Å². The standard InChI is InChI=1S/C24H26N2O2/c1-25(2)15-16-28-19-13-14-23-21(17-19)24(27,18-9-5-4-6-10-18)20-11-7-8-12-22(20)26(23)3/h4-14,17,27H,15-16H2,1-3H3. The molecule has 4 nitrogen and oxygen atoms in total. The third-order valence-electron chi connectivity index (χ3n) is 5.37. The van der Waals surface area contributed by atoms with Crippen LogP contribution in [0.15, 0.2) is 72.8 Å². The van der Waals surface area contributed by atoms with Gasteiger partial charge >= 0.3 is 0 Å². The first kappa shape index (κ1) is 18.5. The minimum Gasteiger partial charge on any atom is -0.492 e. The lowest BCUT2D eigenvalue weighted by Crippen LogP contribution is -2.36. The van der Waals surface area contributed by atoms with Gasteiger partial charge < -0.3 is 19.6 Å². The molecule has 1 aliphatic heterocycles. The number of hydrogen-bond donors (Lipinski definition) is 1. The third-order valence-corrected chi connectivity index (χ3v) is 5.37. The van der Waals surface area contributed by atoms with Crippen LogP contribution >= 0.6 is 0 Å². The second-order valence-electron chi connectivity index (χ2n) is 7.48. The first-order valence-electron chi connectivity index (χ1n) is 9.55. The molecule has 0 aliphatic carbocycles. The lowest BCUT2D eigenvalue weighted by atomic mass is 9.76. The molecule has 1 atom stereocenters. The van der Waals surface area contributed by atoms with Crippen molar-refractivity contribution in [2.75, 3.05) is 39.2 Å². The summed E-state index contributed by atoms with van der Waals surface area (Å²) < 4.78 is 5.96. The van der Waals surface area contributed by atoms with E-state index in [-0.39, 0.29) is 0 Å². The minimum absolute atomic E-state index is 0.599. The Labute approximate surface area is 166 Å². The maximum Gasteiger partial charge on any atom is 0.144 e. The first-order chi connectivity index (χ1) is 13.5. The van der Waals surface area contributed by atoms with Crippen molar-refractivity contribution in [2.45, 2.75) is 5.60 Å². The van der Waals surface area contributed by atoms with Crippen LogP contribution in [0, 0.1) is 0 Å². The summed E-state index contributed by atoms with van der Waals surface area (Å²) in [6.45, 7) is 1.44. The molecule has 1 heterocycles. The SMILES string of the molecule is CN(C)CCOc1ccc2c(c1)C(O)(c1ccccc1)c1ccccc1N2C. The largest absolute Gasteiger partial charge is 0.492 e. The Morgan fingerprint density at radius 2 is 1.57 bits per heavy atom. The molecule has 3 aromatic carbocycles. The van der Waals surface area contributed by atoms with E-state index in [0.29, 0.717) is 6.61 Å². The maximum absolute atomic E-state index is 12.1. The summed E-state index contributed by atoms with van der Waals surface area (Å²) >= 11 is 0. The Morgan fingerprint density at radius 1 is 0.893 bits per heavy atom. The Bertz CT molecular complexity index is 971. The number of anilines is 2. The number of benzene rings is 3. The number of aliphatic hydroxyl groups is 1. The fourth-order valence-corrected chi connectivity index (χ4v) is 3.87. The van der Waals surface area contributed by atoms with Gasteiger partial charge in [-0.2, -0.15) is 0 Å². The van der Waals surface area contributed by atoms with Gasteiger partial charge in [-0.25, -0.2) is 0 Å². The van der Waals surface area contributed by atoms with Crippen molar-refractivity contribution in [3.63, 3.8) is 0 Å². The van der Waals surface area contributed by atoms with Crippen LogP contribution in [0.3, 0.4) is 0 Å². The van der Waals surface area contributed by atoms with Gasteiger partial charge in [-0.05, 0) is 43.9 Å². The molecule has 1 N–H and O–H groups in total. The topological polar surface area (TPSA) is 35.9 Å². The smallest absolute Gasteiger partial charge is 0.144 e. The van der Waals surface area contributed by atoms with E-state index in [1.807, 2.05) is 93.9 Å². The third kappa shape index (κ3) is 3.05. The van der Waals surface area contributed by atoms with Crippen molar-refractivity contribution >= 4 is 11.4 Å². The van der Waals surface area contributed by atoms with Gasteiger partial charge in [-0.15, -0.1) is 0 Å². The van der Waals surface area contributed by atoms with Crippen molar-refractivity contribution in [3.8, 4) is 5.75 Å². The molecule has 4 rings (SSSR count). The lowest BCUT2D eigenvalue weighted by Gasteiger charge is -2.41. The highest BCUT2D eigenvalue weighted by Crippen LogP contribution is 2.51. The highest BCUT2D eigenvalue weighted by molar-refractivity contribution is 5.79. The number of hydrogen-bond acceptors (Lipinski definition) is 4. The Hall–Kier alpha value is -2.82. The zero-order chi connectivity index (χ0) is 19.7. The molecule has 0 spiro atoms. The number of para-hydroxylation sites is 1. The predicted molar refractivity (Wildman–Crippen MR) is 114 cm³/mol. The summed E-state index contributed by atoms with van der Waals surface area (Å²) in [6, 6.07) is 23.9. The molecule has 1 aliphatic rings. The van der Waals surface area contributed by atoms with Crippen LogP contribution in [0.2, 0.25) is 0 Å². The van der Waals surface area contributed by atoms with Crippen molar-refractivity contribution in [2.24, 2.45) is 0 Å². The maximum atomic E-state index is 12.1. The van der Waals surface area contributed by atoms with E-state index in [0.717, 1.165) is 40.4 Å². The van der Waals surface area contributed by atoms with E-state index >= 15 is 0 Å². The molecule has 0 fully saturated rings. The van der Waals surface area contributed by atoms with Gasteiger partial charge in [0.05, 0.1) is 0 Å². The fraction of sp³-hybridized carbons (Fsp3) is 0.250. The molecule has 0 aromatic heterocycles.